The van der Waals surface area contributed by atoms with Gasteiger partial charge >= 0.3 is 0 Å². The molecule has 2 saturated heterocycles. The Morgan fingerprint density at radius 1 is 1.34 bits per heavy atom. The van der Waals surface area contributed by atoms with Gasteiger partial charge in [-0.25, -0.2) is 4.39 Å². The van der Waals surface area contributed by atoms with Gasteiger partial charge in [0.15, 0.2) is 0 Å². The van der Waals surface area contributed by atoms with Crippen molar-refractivity contribution in [2.75, 3.05) is 19.8 Å². The summed E-state index contributed by atoms with van der Waals surface area (Å²) >= 11 is 0. The summed E-state index contributed by atoms with van der Waals surface area (Å²) in [5.74, 6) is -0.295. The molecule has 0 aromatic carbocycles. The Hall–Kier alpha value is -1.98. The molecule has 0 radical (unpaired) electrons. The molecule has 158 valence electrons. The van der Waals surface area contributed by atoms with Gasteiger partial charge in [-0.2, -0.15) is 5.26 Å². The van der Waals surface area contributed by atoms with Gasteiger partial charge < -0.3 is 20.7 Å². The number of alkyl halides is 1. The van der Waals surface area contributed by atoms with E-state index in [1.54, 1.807) is 0 Å². The molecule has 3 N–H and O–H groups in total. The van der Waals surface area contributed by atoms with Gasteiger partial charge in [0.2, 0.25) is 11.8 Å². The lowest BCUT2D eigenvalue weighted by atomic mass is 9.75. The highest BCUT2D eigenvalue weighted by Gasteiger charge is 2.41. The Morgan fingerprint density at radius 3 is 2.97 bits per heavy atom. The molecule has 8 heteroatoms. The molecule has 3 fully saturated rings. The predicted octanol–water partition coefficient (Wildman–Crippen LogP) is 0.962. The number of rotatable bonds is 3. The van der Waals surface area contributed by atoms with E-state index in [9.17, 15) is 14.0 Å². The van der Waals surface area contributed by atoms with Crippen molar-refractivity contribution in [1.29, 1.82) is 5.26 Å². The van der Waals surface area contributed by atoms with Crippen LogP contribution in [0.5, 0.6) is 0 Å². The molecule has 3 aliphatic heterocycles. The number of hydrogen-bond acceptors (Lipinski definition) is 5. The third-order valence-electron chi connectivity index (χ3n) is 7.03. The van der Waals surface area contributed by atoms with Crippen molar-refractivity contribution < 1.29 is 18.7 Å². The number of fused-ring (bicyclic) bond motifs is 2. The van der Waals surface area contributed by atoms with Gasteiger partial charge in [-0.15, -0.1) is 0 Å². The quantitative estimate of drug-likeness (QED) is 0.650. The van der Waals surface area contributed by atoms with Gasteiger partial charge in [-0.3, -0.25) is 9.59 Å². The zero-order valence-corrected chi connectivity index (χ0v) is 16.7. The number of nitriles is 1. The van der Waals surface area contributed by atoms with Crippen LogP contribution in [0, 0.1) is 29.1 Å². The van der Waals surface area contributed by atoms with E-state index in [2.05, 4.69) is 22.0 Å². The van der Waals surface area contributed by atoms with Crippen LogP contribution in [0.15, 0.2) is 11.1 Å². The summed E-state index contributed by atoms with van der Waals surface area (Å²) in [6.45, 7) is 3.48. The van der Waals surface area contributed by atoms with Crippen molar-refractivity contribution in [3.63, 3.8) is 0 Å². The van der Waals surface area contributed by atoms with E-state index in [0.717, 1.165) is 12.0 Å². The van der Waals surface area contributed by atoms with E-state index in [1.807, 2.05) is 6.92 Å². The first-order valence-electron chi connectivity index (χ1n) is 10.6. The van der Waals surface area contributed by atoms with Crippen molar-refractivity contribution in [3.8, 4) is 6.07 Å². The van der Waals surface area contributed by atoms with Gasteiger partial charge in [0.1, 0.15) is 6.17 Å². The van der Waals surface area contributed by atoms with Crippen molar-refractivity contribution in [2.24, 2.45) is 17.8 Å². The largest absolute Gasteiger partial charge is 0.379 e. The van der Waals surface area contributed by atoms with Crippen LogP contribution in [-0.4, -0.2) is 55.9 Å². The van der Waals surface area contributed by atoms with Crippen LogP contribution >= 0.6 is 0 Å². The molecule has 6 unspecified atom stereocenters. The second kappa shape index (κ2) is 8.41. The Morgan fingerprint density at radius 2 is 2.17 bits per heavy atom. The average molecular weight is 404 g/mol. The molecule has 3 heterocycles. The van der Waals surface area contributed by atoms with Gasteiger partial charge in [-0.05, 0) is 32.6 Å². The molecular formula is C21H29FN4O3. The number of nitrogens with zero attached hydrogens (tertiary/aromatic N) is 1. The lowest BCUT2D eigenvalue weighted by Gasteiger charge is -2.43. The second-order valence-electron chi connectivity index (χ2n) is 8.90. The minimum absolute atomic E-state index is 0.00739. The standard InChI is InChI=1S/C21H29FN4O3/c1-11-15-5-14(22)2-3-17(15)26-21(28)16(11)6-19(27)25-18-10-29-9-13-4-12(7-23)8-24-20(13)18/h12-15,17-18,20,24H,2-6,8-10H2,1H3,(H,25,27)(H,26,28)/t12?,13?,14?,15?,17?,18-,20?/m0/s1. The van der Waals surface area contributed by atoms with E-state index in [4.69, 9.17) is 10.00 Å². The van der Waals surface area contributed by atoms with Crippen LogP contribution in [-0.2, 0) is 14.3 Å². The first kappa shape index (κ1) is 20.3. The van der Waals surface area contributed by atoms with Gasteiger partial charge in [-0.1, -0.05) is 5.57 Å². The van der Waals surface area contributed by atoms with Crippen LogP contribution in [0.4, 0.5) is 4.39 Å². The molecule has 29 heavy (non-hydrogen) atoms. The van der Waals surface area contributed by atoms with Gasteiger partial charge in [0.05, 0.1) is 37.7 Å². The highest BCUT2D eigenvalue weighted by molar-refractivity contribution is 6.00. The number of halogens is 1. The molecule has 7 nitrogen and oxygen atoms in total. The third kappa shape index (κ3) is 4.17. The fourth-order valence-corrected chi connectivity index (χ4v) is 5.43. The topological polar surface area (TPSA) is 103 Å². The van der Waals surface area contributed by atoms with Crippen LogP contribution < -0.4 is 16.0 Å². The lowest BCUT2D eigenvalue weighted by molar-refractivity contribution is -0.126. The number of ether oxygens (including phenoxy) is 1. The smallest absolute Gasteiger partial charge is 0.247 e. The van der Waals surface area contributed by atoms with Crippen molar-refractivity contribution >= 4 is 11.8 Å². The summed E-state index contributed by atoms with van der Waals surface area (Å²) in [6.07, 6.45) is 1.45. The zero-order valence-electron chi connectivity index (χ0n) is 16.7. The molecule has 0 bridgehead atoms. The van der Waals surface area contributed by atoms with E-state index < -0.39 is 6.17 Å². The maximum absolute atomic E-state index is 13.9. The molecule has 0 aromatic heterocycles. The second-order valence-corrected chi connectivity index (χ2v) is 8.90. The summed E-state index contributed by atoms with van der Waals surface area (Å²) in [6, 6.07) is 2.16. The molecule has 2 amide bonds. The average Bonchev–Trinajstić information content (AvgIpc) is 2.71. The molecule has 0 spiro atoms. The van der Waals surface area contributed by atoms with E-state index in [1.165, 1.54) is 0 Å². The molecule has 7 atom stereocenters. The van der Waals surface area contributed by atoms with Crippen LogP contribution in [0.3, 0.4) is 0 Å². The molecule has 0 aromatic rings. The number of carbonyl (C=O) groups is 2. The van der Waals surface area contributed by atoms with Crippen LogP contribution in [0.2, 0.25) is 0 Å². The van der Waals surface area contributed by atoms with E-state index in [0.29, 0.717) is 44.6 Å². The Kier molecular flexibility index (Phi) is 5.88. The molecule has 1 saturated carbocycles. The van der Waals surface area contributed by atoms with E-state index in [-0.39, 0.29) is 54.1 Å². The summed E-state index contributed by atoms with van der Waals surface area (Å²) in [7, 11) is 0. The number of hydrogen-bond donors (Lipinski definition) is 3. The fourth-order valence-electron chi connectivity index (χ4n) is 5.43. The first-order chi connectivity index (χ1) is 14.0. The summed E-state index contributed by atoms with van der Waals surface area (Å²) < 4.78 is 19.5. The number of carbonyl (C=O) groups excluding carboxylic acids is 2. The Balaban J connectivity index is 1.41. The van der Waals surface area contributed by atoms with Crippen LogP contribution in [0.1, 0.15) is 39.0 Å². The maximum Gasteiger partial charge on any atom is 0.247 e. The normalized spacial score (nSPS) is 39.6. The monoisotopic (exact) mass is 404 g/mol. The number of piperidine rings is 1. The maximum atomic E-state index is 13.9. The van der Waals surface area contributed by atoms with Crippen molar-refractivity contribution in [2.45, 2.75) is 63.3 Å². The third-order valence-corrected chi connectivity index (χ3v) is 7.03. The van der Waals surface area contributed by atoms with Crippen LogP contribution in [0.25, 0.3) is 0 Å². The summed E-state index contributed by atoms with van der Waals surface area (Å²) in [5.41, 5.74) is 1.31. The van der Waals surface area contributed by atoms with E-state index >= 15 is 0 Å². The molecule has 4 aliphatic rings. The summed E-state index contributed by atoms with van der Waals surface area (Å²) in [4.78, 5) is 25.3. The minimum atomic E-state index is -0.845. The highest BCUT2D eigenvalue weighted by atomic mass is 19.1. The van der Waals surface area contributed by atoms with Crippen molar-refractivity contribution in [1.82, 2.24) is 16.0 Å². The molecular weight excluding hydrogens is 375 g/mol. The Labute approximate surface area is 170 Å². The van der Waals surface area contributed by atoms with Crippen molar-refractivity contribution in [3.05, 3.63) is 11.1 Å². The van der Waals surface area contributed by atoms with Gasteiger partial charge in [0.25, 0.3) is 0 Å². The number of nitrogens with one attached hydrogen (secondary N) is 3. The fraction of sp³-hybridized carbons (Fsp3) is 0.762. The predicted molar refractivity (Wildman–Crippen MR) is 103 cm³/mol. The first-order valence-corrected chi connectivity index (χ1v) is 10.6. The van der Waals surface area contributed by atoms with Gasteiger partial charge in [0, 0.05) is 36.0 Å². The molecule has 1 aliphatic carbocycles. The lowest BCUT2D eigenvalue weighted by Crippen LogP contribution is -2.62. The SMILES string of the molecule is CC1=C(CC(=O)N[C@H]2COCC3CC(C#N)CNC32)C(=O)NC2CCC(F)CC12. The summed E-state index contributed by atoms with van der Waals surface area (Å²) in [5, 5.41) is 18.5. The highest BCUT2D eigenvalue weighted by Crippen LogP contribution is 2.37. The minimum Gasteiger partial charge on any atom is -0.379 e. The molecule has 4 rings (SSSR count). The Bertz CT molecular complexity index is 749. The number of amides is 2. The zero-order chi connectivity index (χ0) is 20.5.